The van der Waals surface area contributed by atoms with E-state index in [9.17, 15) is 19.2 Å². The highest BCUT2D eigenvalue weighted by atomic mass is 32.2. The summed E-state index contributed by atoms with van der Waals surface area (Å²) >= 11 is 2.34. The summed E-state index contributed by atoms with van der Waals surface area (Å²) in [7, 11) is 0. The molecule has 2 aliphatic heterocycles. The molecule has 2 aliphatic rings. The number of benzene rings is 2. The van der Waals surface area contributed by atoms with Gasteiger partial charge in [-0.05, 0) is 49.2 Å². The van der Waals surface area contributed by atoms with Crippen LogP contribution in [0, 0.1) is 12.8 Å². The van der Waals surface area contributed by atoms with Gasteiger partial charge in [0.25, 0.3) is 0 Å². The Balaban J connectivity index is 1.56. The van der Waals surface area contributed by atoms with Crippen molar-refractivity contribution in [1.82, 2.24) is 4.98 Å². The summed E-state index contributed by atoms with van der Waals surface area (Å²) in [6.45, 7) is 3.95. The molecule has 3 aromatic rings. The number of carbonyl (C=O) groups excluding carboxylic acids is 3. The first-order valence-corrected chi connectivity index (χ1v) is 12.2. The minimum atomic E-state index is -0.649. The quantitative estimate of drug-likeness (QED) is 0.452. The van der Waals surface area contributed by atoms with Gasteiger partial charge in [-0.15, -0.1) is 0 Å². The summed E-state index contributed by atoms with van der Waals surface area (Å²) < 4.78 is 5.01. The van der Waals surface area contributed by atoms with E-state index in [-0.39, 0.29) is 23.3 Å². The first-order chi connectivity index (χ1) is 15.9. The van der Waals surface area contributed by atoms with Gasteiger partial charge < -0.3 is 9.72 Å². The molecule has 1 fully saturated rings. The number of esters is 1. The molecule has 0 unspecified atom stereocenters. The fourth-order valence-electron chi connectivity index (χ4n) is 4.50. The van der Waals surface area contributed by atoms with Gasteiger partial charge >= 0.3 is 10.8 Å². The first-order valence-electron chi connectivity index (χ1n) is 10.5. The van der Waals surface area contributed by atoms with Gasteiger partial charge in [0.05, 0.1) is 28.8 Å². The molecule has 1 aromatic heterocycles. The van der Waals surface area contributed by atoms with Crippen molar-refractivity contribution in [3.63, 3.8) is 0 Å². The van der Waals surface area contributed by atoms with Crippen LogP contribution >= 0.6 is 23.1 Å². The SMILES string of the molecule is CCOC(=O)c1ccc(N2C(=O)[C@H]3[C@H](c4ccccc4C)c4sc(=O)[nH]c4S[C@H]3C2=O)cc1. The van der Waals surface area contributed by atoms with Crippen molar-refractivity contribution in [2.45, 2.75) is 30.0 Å². The minimum absolute atomic E-state index is 0.197. The number of hydrogen-bond acceptors (Lipinski definition) is 7. The van der Waals surface area contributed by atoms with Crippen molar-refractivity contribution in [2.24, 2.45) is 5.92 Å². The summed E-state index contributed by atoms with van der Waals surface area (Å²) in [6, 6.07) is 14.0. The number of nitrogens with zero attached hydrogens (tertiary/aromatic N) is 1. The van der Waals surface area contributed by atoms with Crippen molar-refractivity contribution >= 4 is 46.6 Å². The monoisotopic (exact) mass is 480 g/mol. The van der Waals surface area contributed by atoms with Crippen LogP contribution in [0.1, 0.15) is 39.2 Å². The zero-order chi connectivity index (χ0) is 23.3. The lowest BCUT2D eigenvalue weighted by atomic mass is 9.81. The Kier molecular flexibility index (Phi) is 5.46. The van der Waals surface area contributed by atoms with Crippen LogP contribution in [0.4, 0.5) is 5.69 Å². The van der Waals surface area contributed by atoms with Crippen molar-refractivity contribution in [2.75, 3.05) is 11.5 Å². The number of nitrogens with one attached hydrogen (secondary N) is 1. The topological polar surface area (TPSA) is 96.5 Å². The summed E-state index contributed by atoms with van der Waals surface area (Å²) in [5.74, 6) is -2.11. The highest BCUT2D eigenvalue weighted by Gasteiger charge is 2.56. The predicted molar refractivity (Wildman–Crippen MR) is 126 cm³/mol. The second-order valence-electron chi connectivity index (χ2n) is 7.89. The maximum Gasteiger partial charge on any atom is 0.338 e. The van der Waals surface area contributed by atoms with Gasteiger partial charge in [-0.3, -0.25) is 14.4 Å². The Morgan fingerprint density at radius 2 is 1.79 bits per heavy atom. The third-order valence-electron chi connectivity index (χ3n) is 5.98. The largest absolute Gasteiger partial charge is 0.462 e. The molecule has 0 aliphatic carbocycles. The molecular formula is C24H20N2O5S2. The van der Waals surface area contributed by atoms with Gasteiger partial charge in [0.1, 0.15) is 5.25 Å². The number of carbonyl (C=O) groups is 3. The number of thioether (sulfide) groups is 1. The number of aryl methyl sites for hydroxylation is 1. The van der Waals surface area contributed by atoms with Crippen LogP contribution in [0.25, 0.3) is 0 Å². The molecule has 2 aromatic carbocycles. The van der Waals surface area contributed by atoms with E-state index in [1.807, 2.05) is 31.2 Å². The number of thiazole rings is 1. The molecule has 33 heavy (non-hydrogen) atoms. The Morgan fingerprint density at radius 3 is 2.48 bits per heavy atom. The van der Waals surface area contributed by atoms with E-state index in [0.717, 1.165) is 27.3 Å². The van der Waals surface area contributed by atoms with Crippen molar-refractivity contribution in [1.29, 1.82) is 0 Å². The second-order valence-corrected chi connectivity index (χ2v) is 10.1. The van der Waals surface area contributed by atoms with Crippen LogP contribution in [0.3, 0.4) is 0 Å². The van der Waals surface area contributed by atoms with Crippen LogP contribution in [0.2, 0.25) is 0 Å². The summed E-state index contributed by atoms with van der Waals surface area (Å²) in [4.78, 5) is 55.9. The third-order valence-corrected chi connectivity index (χ3v) is 8.39. The molecule has 1 saturated heterocycles. The molecule has 168 valence electrons. The lowest BCUT2D eigenvalue weighted by molar-refractivity contribution is -0.122. The predicted octanol–water partition coefficient (Wildman–Crippen LogP) is 3.72. The van der Waals surface area contributed by atoms with Crippen molar-refractivity contribution in [3.8, 4) is 0 Å². The van der Waals surface area contributed by atoms with Gasteiger partial charge in [0.2, 0.25) is 11.8 Å². The number of amides is 2. The maximum atomic E-state index is 13.7. The number of aromatic nitrogens is 1. The third kappa shape index (κ3) is 3.52. The Morgan fingerprint density at radius 1 is 1.06 bits per heavy atom. The fourth-order valence-corrected chi connectivity index (χ4v) is 7.01. The molecule has 9 heteroatoms. The molecule has 0 saturated carbocycles. The van der Waals surface area contributed by atoms with Gasteiger partial charge in [-0.1, -0.05) is 47.4 Å². The number of hydrogen-bond donors (Lipinski definition) is 1. The van der Waals surface area contributed by atoms with Crippen molar-refractivity contribution in [3.05, 3.63) is 79.8 Å². The lowest BCUT2D eigenvalue weighted by Crippen LogP contribution is -2.32. The molecule has 0 spiro atoms. The molecule has 3 atom stereocenters. The fraction of sp³-hybridized carbons (Fsp3) is 0.250. The van der Waals surface area contributed by atoms with E-state index in [2.05, 4.69) is 4.98 Å². The zero-order valence-electron chi connectivity index (χ0n) is 17.9. The van der Waals surface area contributed by atoms with Crippen LogP contribution in [-0.4, -0.2) is 34.6 Å². The van der Waals surface area contributed by atoms with Crippen LogP contribution < -0.4 is 9.77 Å². The number of aromatic amines is 1. The number of ether oxygens (including phenoxy) is 1. The molecular weight excluding hydrogens is 460 g/mol. The standard InChI is InChI=1S/C24H20N2O5S2/c1-3-31-23(29)13-8-10-14(11-9-13)26-21(27)17-16(15-7-5-4-6-12(15)2)18-20(25-24(30)33-18)32-19(17)22(26)28/h4-11,16-17,19H,3H2,1-2H3,(H,25,30)/t16-,17-,19+/m0/s1. The molecule has 5 rings (SSSR count). The number of imide groups is 1. The average molecular weight is 481 g/mol. The highest BCUT2D eigenvalue weighted by molar-refractivity contribution is 8.00. The first kappa shape index (κ1) is 21.7. The van der Waals surface area contributed by atoms with E-state index < -0.39 is 23.1 Å². The van der Waals surface area contributed by atoms with Crippen LogP contribution in [0.5, 0.6) is 0 Å². The summed E-state index contributed by atoms with van der Waals surface area (Å²) in [6.07, 6.45) is 0. The number of fused-ring (bicyclic) bond motifs is 2. The Bertz CT molecular complexity index is 1330. The molecule has 0 bridgehead atoms. The number of rotatable bonds is 4. The molecule has 7 nitrogen and oxygen atoms in total. The Hall–Kier alpha value is -3.17. The number of H-pyrrole nitrogens is 1. The smallest absolute Gasteiger partial charge is 0.338 e. The lowest BCUT2D eigenvalue weighted by Gasteiger charge is -2.30. The van der Waals surface area contributed by atoms with Gasteiger partial charge in [-0.2, -0.15) is 0 Å². The second kappa shape index (κ2) is 8.31. The highest BCUT2D eigenvalue weighted by Crippen LogP contribution is 2.53. The van der Waals surface area contributed by atoms with E-state index in [1.165, 1.54) is 16.7 Å². The van der Waals surface area contributed by atoms with Crippen LogP contribution in [0.15, 0.2) is 58.4 Å². The molecule has 0 radical (unpaired) electrons. The normalized spacial score (nSPS) is 21.6. The maximum absolute atomic E-state index is 13.7. The van der Waals surface area contributed by atoms with E-state index in [1.54, 1.807) is 31.2 Å². The minimum Gasteiger partial charge on any atom is -0.462 e. The molecule has 2 amide bonds. The van der Waals surface area contributed by atoms with Crippen molar-refractivity contribution < 1.29 is 19.1 Å². The molecule has 3 heterocycles. The van der Waals surface area contributed by atoms with E-state index >= 15 is 0 Å². The van der Waals surface area contributed by atoms with Crippen LogP contribution in [-0.2, 0) is 14.3 Å². The van der Waals surface area contributed by atoms with Gasteiger partial charge in [0, 0.05) is 10.8 Å². The summed E-state index contributed by atoms with van der Waals surface area (Å²) in [5.41, 5.74) is 2.69. The van der Waals surface area contributed by atoms with E-state index in [0.29, 0.717) is 16.3 Å². The average Bonchev–Trinajstić information content (AvgIpc) is 3.29. The van der Waals surface area contributed by atoms with Gasteiger partial charge in [0.15, 0.2) is 0 Å². The Labute approximate surface area is 197 Å². The van der Waals surface area contributed by atoms with Gasteiger partial charge in [-0.25, -0.2) is 9.69 Å². The van der Waals surface area contributed by atoms with E-state index in [4.69, 9.17) is 4.74 Å². The zero-order valence-corrected chi connectivity index (χ0v) is 19.5. The number of anilines is 1. The summed E-state index contributed by atoms with van der Waals surface area (Å²) in [5, 5.41) is 0.00440. The molecule has 1 N–H and O–H groups in total.